The van der Waals surface area contributed by atoms with Crippen LogP contribution in [0.5, 0.6) is 0 Å². The van der Waals surface area contributed by atoms with E-state index in [1.165, 1.54) is 0 Å². The van der Waals surface area contributed by atoms with Crippen molar-refractivity contribution in [2.45, 2.75) is 45.0 Å². The molecule has 2 atom stereocenters. The molecule has 0 bridgehead atoms. The standard InChI is InChI=1S/C19H26N4O4/c1-12(24)9-22(7-6-20)10-13-2-3-15-14(8-13)11-23(19(15)27)16-4-5-17(25)21-18(16)26/h2-3,8,12,16,24H,4-7,9-11,20H2,1H3,(H,21,25,26). The predicted octanol–water partition coefficient (Wildman–Crippen LogP) is -0.411. The molecule has 3 rings (SSSR count). The van der Waals surface area contributed by atoms with Gasteiger partial charge < -0.3 is 15.7 Å². The van der Waals surface area contributed by atoms with E-state index in [9.17, 15) is 19.5 Å². The van der Waals surface area contributed by atoms with Crippen LogP contribution in [0.4, 0.5) is 0 Å². The van der Waals surface area contributed by atoms with Crippen molar-refractivity contribution in [2.24, 2.45) is 5.73 Å². The summed E-state index contributed by atoms with van der Waals surface area (Å²) in [5, 5.41) is 12.0. The summed E-state index contributed by atoms with van der Waals surface area (Å²) in [4.78, 5) is 39.8. The molecule has 2 aliphatic rings. The first-order valence-corrected chi connectivity index (χ1v) is 9.26. The minimum absolute atomic E-state index is 0.172. The molecule has 1 aromatic rings. The molecule has 4 N–H and O–H groups in total. The molecule has 2 unspecified atom stereocenters. The summed E-state index contributed by atoms with van der Waals surface area (Å²) in [6.07, 6.45) is 0.154. The van der Waals surface area contributed by atoms with Gasteiger partial charge in [0.1, 0.15) is 6.04 Å². The van der Waals surface area contributed by atoms with E-state index < -0.39 is 18.1 Å². The molecule has 0 aliphatic carbocycles. The molecule has 1 saturated heterocycles. The van der Waals surface area contributed by atoms with E-state index >= 15 is 0 Å². The van der Waals surface area contributed by atoms with Crippen LogP contribution in [0.25, 0.3) is 0 Å². The highest BCUT2D eigenvalue weighted by atomic mass is 16.3. The molecule has 2 heterocycles. The summed E-state index contributed by atoms with van der Waals surface area (Å²) in [6, 6.07) is 5.07. The Hall–Kier alpha value is -2.29. The van der Waals surface area contributed by atoms with Crippen LogP contribution in [0.1, 0.15) is 41.3 Å². The molecule has 8 heteroatoms. The van der Waals surface area contributed by atoms with Crippen molar-refractivity contribution in [1.29, 1.82) is 0 Å². The number of fused-ring (bicyclic) bond motifs is 1. The van der Waals surface area contributed by atoms with Gasteiger partial charge in [-0.1, -0.05) is 12.1 Å². The molecule has 3 amide bonds. The number of piperidine rings is 1. The number of nitrogens with zero attached hydrogens (tertiary/aromatic N) is 2. The molecule has 8 nitrogen and oxygen atoms in total. The lowest BCUT2D eigenvalue weighted by atomic mass is 10.0. The Morgan fingerprint density at radius 2 is 2.15 bits per heavy atom. The third-order valence-corrected chi connectivity index (χ3v) is 4.96. The first-order valence-electron chi connectivity index (χ1n) is 9.26. The predicted molar refractivity (Wildman–Crippen MR) is 98.5 cm³/mol. The van der Waals surface area contributed by atoms with E-state index in [-0.39, 0.29) is 18.2 Å². The van der Waals surface area contributed by atoms with Gasteiger partial charge in [-0.25, -0.2) is 0 Å². The number of aliphatic hydroxyl groups excluding tert-OH is 1. The second-order valence-electron chi connectivity index (χ2n) is 7.26. The average Bonchev–Trinajstić information content (AvgIpc) is 2.91. The van der Waals surface area contributed by atoms with E-state index in [1.54, 1.807) is 17.9 Å². The van der Waals surface area contributed by atoms with Gasteiger partial charge >= 0.3 is 0 Å². The number of carbonyl (C=O) groups is 3. The highest BCUT2D eigenvalue weighted by Crippen LogP contribution is 2.28. The number of amides is 3. The topological polar surface area (TPSA) is 116 Å². The average molecular weight is 374 g/mol. The van der Waals surface area contributed by atoms with Crippen LogP contribution in [-0.4, -0.2) is 64.4 Å². The minimum atomic E-state index is -0.602. The van der Waals surface area contributed by atoms with Gasteiger partial charge in [-0.3, -0.25) is 24.6 Å². The monoisotopic (exact) mass is 374 g/mol. The zero-order valence-corrected chi connectivity index (χ0v) is 15.5. The van der Waals surface area contributed by atoms with E-state index in [1.807, 2.05) is 12.1 Å². The Morgan fingerprint density at radius 1 is 1.37 bits per heavy atom. The van der Waals surface area contributed by atoms with Crippen molar-refractivity contribution in [3.8, 4) is 0 Å². The lowest BCUT2D eigenvalue weighted by Gasteiger charge is -2.29. The first-order chi connectivity index (χ1) is 12.9. The number of hydrogen-bond acceptors (Lipinski definition) is 6. The summed E-state index contributed by atoms with van der Waals surface area (Å²) in [7, 11) is 0. The zero-order chi connectivity index (χ0) is 19.6. The molecule has 0 radical (unpaired) electrons. The first kappa shape index (κ1) is 19.5. The number of imide groups is 1. The summed E-state index contributed by atoms with van der Waals surface area (Å²) in [5.74, 6) is -0.867. The number of nitrogens with two attached hydrogens (primary N) is 1. The second kappa shape index (κ2) is 8.16. The van der Waals surface area contributed by atoms with Crippen molar-refractivity contribution < 1.29 is 19.5 Å². The number of rotatable bonds is 7. The quantitative estimate of drug-likeness (QED) is 0.559. The van der Waals surface area contributed by atoms with Crippen LogP contribution < -0.4 is 11.1 Å². The SMILES string of the molecule is CC(O)CN(CCN)Cc1ccc2c(c1)CN(C1CCC(=O)NC1=O)C2=O. The van der Waals surface area contributed by atoms with Crippen LogP contribution >= 0.6 is 0 Å². The molecule has 1 aromatic carbocycles. The highest BCUT2D eigenvalue weighted by molar-refractivity contribution is 6.05. The number of aliphatic hydroxyl groups is 1. The van der Waals surface area contributed by atoms with E-state index in [4.69, 9.17) is 5.73 Å². The number of nitrogens with one attached hydrogen (secondary N) is 1. The summed E-state index contributed by atoms with van der Waals surface area (Å²) >= 11 is 0. The molecule has 2 aliphatic heterocycles. The molecule has 0 aromatic heterocycles. The maximum absolute atomic E-state index is 12.7. The summed E-state index contributed by atoms with van der Waals surface area (Å²) in [6.45, 7) is 4.42. The fourth-order valence-electron chi connectivity index (χ4n) is 3.78. The summed E-state index contributed by atoms with van der Waals surface area (Å²) in [5.41, 5.74) is 8.17. The second-order valence-corrected chi connectivity index (χ2v) is 7.26. The Kier molecular flexibility index (Phi) is 5.88. The van der Waals surface area contributed by atoms with Gasteiger partial charge in [0.05, 0.1) is 6.10 Å². The third-order valence-electron chi connectivity index (χ3n) is 4.96. The molecular weight excluding hydrogens is 348 g/mol. The van der Waals surface area contributed by atoms with Crippen molar-refractivity contribution in [3.63, 3.8) is 0 Å². The van der Waals surface area contributed by atoms with E-state index in [0.717, 1.165) is 11.1 Å². The van der Waals surface area contributed by atoms with Gasteiger partial charge in [0, 0.05) is 44.7 Å². The third kappa shape index (κ3) is 4.35. The van der Waals surface area contributed by atoms with Gasteiger partial charge in [0.2, 0.25) is 11.8 Å². The highest BCUT2D eigenvalue weighted by Gasteiger charge is 2.39. The molecule has 0 saturated carbocycles. The Bertz CT molecular complexity index is 749. The normalized spacial score (nSPS) is 20.8. The van der Waals surface area contributed by atoms with Gasteiger partial charge in [0.25, 0.3) is 5.91 Å². The molecule has 1 fully saturated rings. The van der Waals surface area contributed by atoms with Crippen LogP contribution in [0, 0.1) is 0 Å². The van der Waals surface area contributed by atoms with Crippen LogP contribution in [0.15, 0.2) is 18.2 Å². The molecular formula is C19H26N4O4. The van der Waals surface area contributed by atoms with E-state index in [2.05, 4.69) is 10.2 Å². The molecule has 27 heavy (non-hydrogen) atoms. The van der Waals surface area contributed by atoms with Gasteiger partial charge in [-0.05, 0) is 30.5 Å². The fraction of sp³-hybridized carbons (Fsp3) is 0.526. The number of carbonyl (C=O) groups excluding carboxylic acids is 3. The van der Waals surface area contributed by atoms with Crippen molar-refractivity contribution >= 4 is 17.7 Å². The van der Waals surface area contributed by atoms with Gasteiger partial charge in [0.15, 0.2) is 0 Å². The molecule has 0 spiro atoms. The van der Waals surface area contributed by atoms with E-state index in [0.29, 0.717) is 44.7 Å². The number of benzene rings is 1. The maximum atomic E-state index is 12.7. The Labute approximate surface area is 158 Å². The zero-order valence-electron chi connectivity index (χ0n) is 15.5. The number of hydrogen-bond donors (Lipinski definition) is 3. The van der Waals surface area contributed by atoms with Crippen LogP contribution in [-0.2, 0) is 22.7 Å². The fourth-order valence-corrected chi connectivity index (χ4v) is 3.78. The lowest BCUT2D eigenvalue weighted by Crippen LogP contribution is -2.52. The van der Waals surface area contributed by atoms with Crippen LogP contribution in [0.2, 0.25) is 0 Å². The Balaban J connectivity index is 1.73. The van der Waals surface area contributed by atoms with Gasteiger partial charge in [-0.2, -0.15) is 0 Å². The van der Waals surface area contributed by atoms with Crippen molar-refractivity contribution in [1.82, 2.24) is 15.1 Å². The largest absolute Gasteiger partial charge is 0.392 e. The maximum Gasteiger partial charge on any atom is 0.255 e. The van der Waals surface area contributed by atoms with Crippen molar-refractivity contribution in [3.05, 3.63) is 34.9 Å². The van der Waals surface area contributed by atoms with Crippen molar-refractivity contribution in [2.75, 3.05) is 19.6 Å². The summed E-state index contributed by atoms with van der Waals surface area (Å²) < 4.78 is 0. The lowest BCUT2D eigenvalue weighted by molar-refractivity contribution is -0.136. The minimum Gasteiger partial charge on any atom is -0.392 e. The van der Waals surface area contributed by atoms with Crippen LogP contribution in [0.3, 0.4) is 0 Å². The van der Waals surface area contributed by atoms with Gasteiger partial charge in [-0.15, -0.1) is 0 Å². The smallest absolute Gasteiger partial charge is 0.255 e. The molecule has 146 valence electrons. The Morgan fingerprint density at radius 3 is 2.81 bits per heavy atom.